The number of likely N-dealkylation sites (N-methyl/N-ethyl adjacent to an activating group) is 1. The number of carbonyl (C=O) groups is 3. The molecule has 0 saturated heterocycles. The molecule has 0 saturated carbocycles. The van der Waals surface area contributed by atoms with Crippen LogP contribution in [0.4, 0.5) is 0 Å². The molecule has 3 N–H and O–H groups in total. The van der Waals surface area contributed by atoms with Crippen LogP contribution in [0.15, 0.2) is 47.6 Å². The Labute approximate surface area is 167 Å². The molecule has 0 aromatic heterocycles. The fourth-order valence-electron chi connectivity index (χ4n) is 2.25. The van der Waals surface area contributed by atoms with Crippen molar-refractivity contribution in [3.05, 3.63) is 59.2 Å². The number of rotatable bonds is 8. The zero-order valence-corrected chi connectivity index (χ0v) is 16.0. The number of benzene rings is 2. The van der Waals surface area contributed by atoms with E-state index in [1.165, 1.54) is 25.5 Å². The Bertz CT molecular complexity index is 909. The maximum absolute atomic E-state index is 11.5. The van der Waals surface area contributed by atoms with Crippen LogP contribution in [0.1, 0.15) is 28.4 Å². The van der Waals surface area contributed by atoms with Gasteiger partial charge in [-0.2, -0.15) is 5.10 Å². The predicted octanol–water partition coefficient (Wildman–Crippen LogP) is 1.56. The number of carboxylic acid groups (broad SMARTS) is 1. The lowest BCUT2D eigenvalue weighted by atomic mass is 10.1. The molecule has 0 aliphatic carbocycles. The van der Waals surface area contributed by atoms with Gasteiger partial charge in [-0.25, -0.2) is 10.2 Å². The highest BCUT2D eigenvalue weighted by Crippen LogP contribution is 2.28. The summed E-state index contributed by atoms with van der Waals surface area (Å²) in [5, 5.41) is 15.0. The molecule has 0 atom stereocenters. The van der Waals surface area contributed by atoms with E-state index in [1.807, 2.05) is 0 Å². The molecule has 0 heterocycles. The molecule has 0 aliphatic heterocycles. The van der Waals surface area contributed by atoms with Crippen LogP contribution >= 0.6 is 0 Å². The quantitative estimate of drug-likeness (QED) is 0.351. The molecule has 9 nitrogen and oxygen atoms in total. The van der Waals surface area contributed by atoms with E-state index in [1.54, 1.807) is 37.3 Å². The average molecular weight is 399 g/mol. The molecular formula is C20H21N3O6. The van der Waals surface area contributed by atoms with E-state index in [4.69, 9.17) is 14.6 Å². The molecule has 0 bridgehead atoms. The number of methoxy groups -OCH3 is 1. The number of nitrogens with one attached hydrogen (secondary N) is 2. The van der Waals surface area contributed by atoms with Crippen molar-refractivity contribution in [1.29, 1.82) is 0 Å². The molecule has 2 amide bonds. The number of hydrogen-bond acceptors (Lipinski definition) is 6. The van der Waals surface area contributed by atoms with Gasteiger partial charge in [0.05, 0.1) is 18.9 Å². The van der Waals surface area contributed by atoms with E-state index in [9.17, 15) is 14.4 Å². The van der Waals surface area contributed by atoms with Crippen molar-refractivity contribution >= 4 is 24.0 Å². The minimum atomic E-state index is -0.987. The second-order valence-corrected chi connectivity index (χ2v) is 5.76. The standard InChI is InChI=1S/C20H21N3O6/c1-3-21-18(24)19(25)23-22-11-14-6-9-16(17(10-14)28-2)29-12-13-4-7-15(8-5-13)20(26)27/h4-11H,3,12H2,1-2H3,(H,21,24)(H,23,25)(H,26,27)/b22-11-. The number of nitrogens with zero attached hydrogens (tertiary/aromatic N) is 1. The molecule has 0 fully saturated rings. The molecule has 2 aromatic rings. The van der Waals surface area contributed by atoms with Gasteiger partial charge in [0.1, 0.15) is 6.61 Å². The number of hydrazone groups is 1. The van der Waals surface area contributed by atoms with Crippen LogP contribution < -0.4 is 20.2 Å². The summed E-state index contributed by atoms with van der Waals surface area (Å²) in [6.45, 7) is 2.28. The highest BCUT2D eigenvalue weighted by molar-refractivity contribution is 6.35. The van der Waals surface area contributed by atoms with E-state index in [-0.39, 0.29) is 12.2 Å². The molecule has 9 heteroatoms. The maximum atomic E-state index is 11.5. The second kappa shape index (κ2) is 10.5. The van der Waals surface area contributed by atoms with Crippen molar-refractivity contribution in [1.82, 2.24) is 10.7 Å². The topological polar surface area (TPSA) is 126 Å². The summed E-state index contributed by atoms with van der Waals surface area (Å²) in [5.74, 6) is -1.67. The smallest absolute Gasteiger partial charge is 0.335 e. The van der Waals surface area contributed by atoms with Crippen LogP contribution in [-0.2, 0) is 16.2 Å². The Morgan fingerprint density at radius 2 is 1.79 bits per heavy atom. The van der Waals surface area contributed by atoms with Crippen molar-refractivity contribution in [3.63, 3.8) is 0 Å². The van der Waals surface area contributed by atoms with Gasteiger partial charge in [-0.15, -0.1) is 0 Å². The van der Waals surface area contributed by atoms with Gasteiger partial charge < -0.3 is 19.9 Å². The van der Waals surface area contributed by atoms with Gasteiger partial charge in [0.15, 0.2) is 11.5 Å². The third kappa shape index (κ3) is 6.35. The molecule has 0 radical (unpaired) electrons. The van der Waals surface area contributed by atoms with Gasteiger partial charge in [0, 0.05) is 6.54 Å². The number of carbonyl (C=O) groups excluding carboxylic acids is 2. The van der Waals surface area contributed by atoms with Gasteiger partial charge in [-0.05, 0) is 48.4 Å². The number of carboxylic acids is 1. The Morgan fingerprint density at radius 3 is 2.41 bits per heavy atom. The van der Waals surface area contributed by atoms with Crippen LogP contribution in [0.3, 0.4) is 0 Å². The lowest BCUT2D eigenvalue weighted by Crippen LogP contribution is -2.37. The van der Waals surface area contributed by atoms with Gasteiger partial charge in [-0.1, -0.05) is 12.1 Å². The van der Waals surface area contributed by atoms with Gasteiger partial charge in [-0.3, -0.25) is 9.59 Å². The van der Waals surface area contributed by atoms with E-state index >= 15 is 0 Å². The lowest BCUT2D eigenvalue weighted by molar-refractivity contribution is -0.139. The van der Waals surface area contributed by atoms with E-state index in [0.29, 0.717) is 23.6 Å². The third-order valence-corrected chi connectivity index (χ3v) is 3.71. The van der Waals surface area contributed by atoms with Gasteiger partial charge >= 0.3 is 17.8 Å². The first-order chi connectivity index (χ1) is 13.9. The summed E-state index contributed by atoms with van der Waals surface area (Å²) in [5.41, 5.74) is 3.76. The summed E-state index contributed by atoms with van der Waals surface area (Å²) in [7, 11) is 1.49. The predicted molar refractivity (Wildman–Crippen MR) is 105 cm³/mol. The minimum absolute atomic E-state index is 0.203. The average Bonchev–Trinajstić information content (AvgIpc) is 2.72. The van der Waals surface area contributed by atoms with Crippen LogP contribution in [0.2, 0.25) is 0 Å². The van der Waals surface area contributed by atoms with Gasteiger partial charge in [0.25, 0.3) is 0 Å². The molecule has 0 aliphatic rings. The van der Waals surface area contributed by atoms with Crippen LogP contribution in [0.5, 0.6) is 11.5 Å². The highest BCUT2D eigenvalue weighted by atomic mass is 16.5. The Balaban J connectivity index is 1.99. The Hall–Kier alpha value is -3.88. The lowest BCUT2D eigenvalue weighted by Gasteiger charge is -2.11. The molecule has 29 heavy (non-hydrogen) atoms. The van der Waals surface area contributed by atoms with Crippen molar-refractivity contribution in [2.24, 2.45) is 5.10 Å². The zero-order chi connectivity index (χ0) is 21.2. The first kappa shape index (κ1) is 21.4. The summed E-state index contributed by atoms with van der Waals surface area (Å²) in [6, 6.07) is 11.4. The summed E-state index contributed by atoms with van der Waals surface area (Å²) < 4.78 is 11.0. The molecule has 0 spiro atoms. The summed E-state index contributed by atoms with van der Waals surface area (Å²) >= 11 is 0. The minimum Gasteiger partial charge on any atom is -0.493 e. The highest BCUT2D eigenvalue weighted by Gasteiger charge is 2.10. The molecule has 2 rings (SSSR count). The monoisotopic (exact) mass is 399 g/mol. The normalized spacial score (nSPS) is 10.4. The Kier molecular flexibility index (Phi) is 7.72. The Morgan fingerprint density at radius 1 is 1.07 bits per heavy atom. The van der Waals surface area contributed by atoms with E-state index in [2.05, 4.69) is 15.8 Å². The molecule has 0 unspecified atom stereocenters. The zero-order valence-electron chi connectivity index (χ0n) is 16.0. The summed E-state index contributed by atoms with van der Waals surface area (Å²) in [6.07, 6.45) is 1.37. The molecular weight excluding hydrogens is 378 g/mol. The van der Waals surface area contributed by atoms with Crippen molar-refractivity contribution in [2.75, 3.05) is 13.7 Å². The SMILES string of the molecule is CCNC(=O)C(=O)N/N=C\c1ccc(OCc2ccc(C(=O)O)cc2)c(OC)c1. The number of aromatic carboxylic acids is 1. The first-order valence-corrected chi connectivity index (χ1v) is 8.69. The largest absolute Gasteiger partial charge is 0.493 e. The number of amides is 2. The summed E-state index contributed by atoms with van der Waals surface area (Å²) in [4.78, 5) is 33.7. The van der Waals surface area contributed by atoms with E-state index < -0.39 is 17.8 Å². The van der Waals surface area contributed by atoms with Gasteiger partial charge in [0.2, 0.25) is 0 Å². The van der Waals surface area contributed by atoms with Crippen LogP contribution in [0, 0.1) is 0 Å². The van der Waals surface area contributed by atoms with Crippen LogP contribution in [0.25, 0.3) is 0 Å². The number of hydrogen-bond donors (Lipinski definition) is 3. The maximum Gasteiger partial charge on any atom is 0.335 e. The van der Waals surface area contributed by atoms with Crippen molar-refractivity contribution in [2.45, 2.75) is 13.5 Å². The number of ether oxygens (including phenoxy) is 2. The van der Waals surface area contributed by atoms with Crippen molar-refractivity contribution < 1.29 is 29.0 Å². The first-order valence-electron chi connectivity index (χ1n) is 8.69. The van der Waals surface area contributed by atoms with Crippen LogP contribution in [-0.4, -0.2) is 42.8 Å². The fraction of sp³-hybridized carbons (Fsp3) is 0.200. The fourth-order valence-corrected chi connectivity index (χ4v) is 2.25. The molecule has 152 valence electrons. The third-order valence-electron chi connectivity index (χ3n) is 3.71. The van der Waals surface area contributed by atoms with Crippen molar-refractivity contribution in [3.8, 4) is 11.5 Å². The van der Waals surface area contributed by atoms with E-state index in [0.717, 1.165) is 5.56 Å². The molecule has 2 aromatic carbocycles. The second-order valence-electron chi connectivity index (χ2n) is 5.76.